The highest BCUT2D eigenvalue weighted by molar-refractivity contribution is 5.87. The standard InChI is InChI=1S/C32H33FN4O5/c1-21(2)19-34-30(38)32(41-31(39)40)14-16-37(17-15-32)20-22-8-10-24(11-9-22)28-35-29(42-36-28)25-12-13-26(27(33)18-25)23-6-4-3-5-7-23/h3-13,18,21H,14-17,19-20H2,1-2H3,(H,34,38)(H,39,40). The zero-order valence-electron chi connectivity index (χ0n) is 23.5. The molecule has 2 N–H and O–H groups in total. The van der Waals surface area contributed by atoms with Gasteiger partial charge in [-0.1, -0.05) is 79.7 Å². The molecule has 0 atom stereocenters. The molecular formula is C32H33FN4O5. The molecule has 1 saturated heterocycles. The van der Waals surface area contributed by atoms with E-state index in [0.29, 0.717) is 43.1 Å². The number of likely N-dealkylation sites (tertiary alicyclic amines) is 1. The summed E-state index contributed by atoms with van der Waals surface area (Å²) in [7, 11) is 0. The summed E-state index contributed by atoms with van der Waals surface area (Å²) >= 11 is 0. The number of ether oxygens (including phenoxy) is 1. The summed E-state index contributed by atoms with van der Waals surface area (Å²) in [5, 5.41) is 16.2. The third-order valence-electron chi connectivity index (χ3n) is 7.38. The van der Waals surface area contributed by atoms with Gasteiger partial charge in [-0.15, -0.1) is 0 Å². The second kappa shape index (κ2) is 12.5. The van der Waals surface area contributed by atoms with Gasteiger partial charge in [0.05, 0.1) is 0 Å². The van der Waals surface area contributed by atoms with Crippen LogP contribution >= 0.6 is 0 Å². The van der Waals surface area contributed by atoms with Gasteiger partial charge >= 0.3 is 6.16 Å². The molecule has 9 nitrogen and oxygen atoms in total. The average molecular weight is 573 g/mol. The third-order valence-corrected chi connectivity index (χ3v) is 7.38. The summed E-state index contributed by atoms with van der Waals surface area (Å²) < 4.78 is 25.4. The van der Waals surface area contributed by atoms with E-state index in [1.54, 1.807) is 12.1 Å². The lowest BCUT2D eigenvalue weighted by Crippen LogP contribution is -2.56. The van der Waals surface area contributed by atoms with E-state index in [0.717, 1.165) is 16.7 Å². The second-order valence-electron chi connectivity index (χ2n) is 10.9. The summed E-state index contributed by atoms with van der Waals surface area (Å²) in [5.74, 6) is 0.114. The van der Waals surface area contributed by atoms with E-state index in [1.165, 1.54) is 6.07 Å². The fourth-order valence-electron chi connectivity index (χ4n) is 5.05. The van der Waals surface area contributed by atoms with Crippen LogP contribution in [0.4, 0.5) is 9.18 Å². The maximum Gasteiger partial charge on any atom is 0.506 e. The van der Waals surface area contributed by atoms with E-state index >= 15 is 0 Å². The van der Waals surface area contributed by atoms with Crippen LogP contribution < -0.4 is 5.32 Å². The Morgan fingerprint density at radius 3 is 2.36 bits per heavy atom. The number of halogens is 1. The molecule has 0 spiro atoms. The minimum absolute atomic E-state index is 0.227. The molecule has 1 aliphatic heterocycles. The zero-order chi connectivity index (χ0) is 29.7. The number of hydrogen-bond donors (Lipinski definition) is 2. The number of hydrogen-bond acceptors (Lipinski definition) is 7. The van der Waals surface area contributed by atoms with E-state index in [1.807, 2.05) is 68.4 Å². The summed E-state index contributed by atoms with van der Waals surface area (Å²) in [4.78, 5) is 30.8. The number of nitrogens with zero attached hydrogens (tertiary/aromatic N) is 3. The molecule has 10 heteroatoms. The number of benzene rings is 3. The first-order chi connectivity index (χ1) is 20.2. The van der Waals surface area contributed by atoms with Crippen molar-refractivity contribution in [2.75, 3.05) is 19.6 Å². The lowest BCUT2D eigenvalue weighted by atomic mass is 9.89. The fraction of sp³-hybridized carbons (Fsp3) is 0.312. The summed E-state index contributed by atoms with van der Waals surface area (Å²) in [6, 6.07) is 21.9. The van der Waals surface area contributed by atoms with Gasteiger partial charge in [0.15, 0.2) is 5.60 Å². The Morgan fingerprint density at radius 1 is 1.02 bits per heavy atom. The van der Waals surface area contributed by atoms with E-state index < -0.39 is 11.8 Å². The summed E-state index contributed by atoms with van der Waals surface area (Å²) in [6.45, 7) is 6.06. The molecule has 0 saturated carbocycles. The highest BCUT2D eigenvalue weighted by Crippen LogP contribution is 2.30. The van der Waals surface area contributed by atoms with Crippen molar-refractivity contribution in [1.82, 2.24) is 20.4 Å². The number of piperidine rings is 1. The van der Waals surface area contributed by atoms with Crippen LogP contribution in [0.25, 0.3) is 34.0 Å². The lowest BCUT2D eigenvalue weighted by Gasteiger charge is -2.39. The number of amides is 1. The Morgan fingerprint density at radius 2 is 1.71 bits per heavy atom. The van der Waals surface area contributed by atoms with E-state index in [-0.39, 0.29) is 36.4 Å². The first kappa shape index (κ1) is 28.9. The first-order valence-electron chi connectivity index (χ1n) is 13.9. The van der Waals surface area contributed by atoms with Crippen LogP contribution in [0.5, 0.6) is 0 Å². The molecule has 42 heavy (non-hydrogen) atoms. The molecule has 0 unspecified atom stereocenters. The third kappa shape index (κ3) is 6.66. The monoisotopic (exact) mass is 572 g/mol. The van der Waals surface area contributed by atoms with Crippen molar-refractivity contribution in [2.24, 2.45) is 5.92 Å². The number of carbonyl (C=O) groups is 2. The van der Waals surface area contributed by atoms with Crippen molar-refractivity contribution in [3.63, 3.8) is 0 Å². The quantitative estimate of drug-likeness (QED) is 0.234. The van der Waals surface area contributed by atoms with Gasteiger partial charge in [-0.2, -0.15) is 4.98 Å². The normalized spacial score (nSPS) is 15.0. The Hall–Kier alpha value is -4.57. The van der Waals surface area contributed by atoms with Crippen LogP contribution in [0.15, 0.2) is 77.3 Å². The van der Waals surface area contributed by atoms with Crippen LogP contribution in [0.2, 0.25) is 0 Å². The van der Waals surface area contributed by atoms with Gasteiger partial charge in [0, 0.05) is 55.7 Å². The van der Waals surface area contributed by atoms with Gasteiger partial charge in [-0.25, -0.2) is 9.18 Å². The van der Waals surface area contributed by atoms with Crippen LogP contribution in [-0.4, -0.2) is 57.4 Å². The lowest BCUT2D eigenvalue weighted by molar-refractivity contribution is -0.148. The summed E-state index contributed by atoms with van der Waals surface area (Å²) in [5.41, 5.74) is 2.20. The number of aromatic nitrogens is 2. The Kier molecular flexibility index (Phi) is 8.63. The highest BCUT2D eigenvalue weighted by Gasteiger charge is 2.45. The Labute approximate surface area is 243 Å². The van der Waals surface area contributed by atoms with Gasteiger partial charge in [0.1, 0.15) is 5.82 Å². The molecule has 0 aliphatic carbocycles. The number of nitrogens with one attached hydrogen (secondary N) is 1. The molecule has 218 valence electrons. The molecule has 1 fully saturated rings. The zero-order valence-corrected chi connectivity index (χ0v) is 23.5. The van der Waals surface area contributed by atoms with Crippen LogP contribution in [0.3, 0.4) is 0 Å². The van der Waals surface area contributed by atoms with Crippen molar-refractivity contribution >= 4 is 12.1 Å². The van der Waals surface area contributed by atoms with Gasteiger partial charge in [-0.05, 0) is 29.2 Å². The largest absolute Gasteiger partial charge is 0.506 e. The molecule has 5 rings (SSSR count). The molecule has 0 radical (unpaired) electrons. The van der Waals surface area contributed by atoms with Gasteiger partial charge in [0.25, 0.3) is 11.8 Å². The minimum Gasteiger partial charge on any atom is -0.450 e. The topological polar surface area (TPSA) is 118 Å². The number of rotatable bonds is 9. The smallest absolute Gasteiger partial charge is 0.450 e. The van der Waals surface area contributed by atoms with Crippen LogP contribution in [0.1, 0.15) is 32.3 Å². The molecular weight excluding hydrogens is 539 g/mol. The maximum absolute atomic E-state index is 14.8. The van der Waals surface area contributed by atoms with Crippen molar-refractivity contribution in [3.05, 3.63) is 84.2 Å². The minimum atomic E-state index is -1.45. The fourth-order valence-corrected chi connectivity index (χ4v) is 5.05. The summed E-state index contributed by atoms with van der Waals surface area (Å²) in [6.07, 6.45) is -0.891. The SMILES string of the molecule is CC(C)CNC(=O)C1(OC(=O)O)CCN(Cc2ccc(-c3noc(-c4ccc(-c5ccccc5)c(F)c4)n3)cc2)CC1. The average Bonchev–Trinajstić information content (AvgIpc) is 3.48. The Balaban J connectivity index is 1.21. The molecule has 2 heterocycles. The molecule has 3 aromatic carbocycles. The van der Waals surface area contributed by atoms with Crippen molar-refractivity contribution in [3.8, 4) is 34.0 Å². The van der Waals surface area contributed by atoms with Crippen molar-refractivity contribution < 1.29 is 28.3 Å². The molecule has 1 aliphatic rings. The van der Waals surface area contributed by atoms with Crippen molar-refractivity contribution in [2.45, 2.75) is 38.8 Å². The van der Waals surface area contributed by atoms with E-state index in [4.69, 9.17) is 9.26 Å². The van der Waals surface area contributed by atoms with Gasteiger partial charge in [-0.3, -0.25) is 9.69 Å². The van der Waals surface area contributed by atoms with E-state index in [2.05, 4.69) is 20.4 Å². The number of carboxylic acid groups (broad SMARTS) is 1. The molecule has 4 aromatic rings. The molecule has 1 amide bonds. The van der Waals surface area contributed by atoms with Crippen LogP contribution in [-0.2, 0) is 16.1 Å². The van der Waals surface area contributed by atoms with Crippen LogP contribution in [0, 0.1) is 11.7 Å². The number of carbonyl (C=O) groups excluding carboxylic acids is 1. The highest BCUT2D eigenvalue weighted by atomic mass is 19.1. The second-order valence-corrected chi connectivity index (χ2v) is 10.9. The van der Waals surface area contributed by atoms with Gasteiger partial charge < -0.3 is 19.7 Å². The predicted molar refractivity (Wildman–Crippen MR) is 155 cm³/mol. The predicted octanol–water partition coefficient (Wildman–Crippen LogP) is 6.01. The molecule has 1 aromatic heterocycles. The van der Waals surface area contributed by atoms with Gasteiger partial charge in [0.2, 0.25) is 5.82 Å². The first-order valence-corrected chi connectivity index (χ1v) is 13.9. The van der Waals surface area contributed by atoms with E-state index in [9.17, 15) is 19.1 Å². The Bertz CT molecular complexity index is 1530. The molecule has 0 bridgehead atoms. The maximum atomic E-state index is 14.8. The van der Waals surface area contributed by atoms with Crippen molar-refractivity contribution in [1.29, 1.82) is 0 Å².